The lowest BCUT2D eigenvalue weighted by Gasteiger charge is -2.35. The highest BCUT2D eigenvalue weighted by Crippen LogP contribution is 2.28. The van der Waals surface area contributed by atoms with Gasteiger partial charge in [0.05, 0.1) is 7.11 Å². The first-order valence-corrected chi connectivity index (χ1v) is 10.3. The molecule has 1 aliphatic heterocycles. The van der Waals surface area contributed by atoms with Crippen LogP contribution in [0.4, 0.5) is 0 Å². The molecule has 7 heteroatoms. The second-order valence-corrected chi connectivity index (χ2v) is 7.44. The summed E-state index contributed by atoms with van der Waals surface area (Å²) in [6.07, 6.45) is 3.47. The summed E-state index contributed by atoms with van der Waals surface area (Å²) in [6.45, 7) is 7.81. The summed E-state index contributed by atoms with van der Waals surface area (Å²) in [4.78, 5) is 4.77. The first kappa shape index (κ1) is 27.3. The van der Waals surface area contributed by atoms with Crippen molar-refractivity contribution in [2.45, 2.75) is 19.6 Å². The Morgan fingerprint density at radius 2 is 1.65 bits per heavy atom. The molecule has 0 bridgehead atoms. The van der Waals surface area contributed by atoms with Gasteiger partial charge in [-0.05, 0) is 30.2 Å². The average Bonchev–Trinajstić information content (AvgIpc) is 2.75. The van der Waals surface area contributed by atoms with Gasteiger partial charge < -0.3 is 14.6 Å². The van der Waals surface area contributed by atoms with Gasteiger partial charge in [0.1, 0.15) is 12.7 Å². The van der Waals surface area contributed by atoms with Crippen LogP contribution in [0.3, 0.4) is 0 Å². The fourth-order valence-electron chi connectivity index (χ4n) is 3.61. The molecule has 1 unspecified atom stereocenters. The minimum absolute atomic E-state index is 0. The summed E-state index contributed by atoms with van der Waals surface area (Å²) in [5.41, 5.74) is 2.41. The number of nitrogens with zero attached hydrogens (tertiary/aromatic N) is 2. The zero-order chi connectivity index (χ0) is 20.5. The number of ether oxygens (including phenoxy) is 2. The quantitative estimate of drug-likeness (QED) is 0.599. The standard InChI is InChI=1S/C24H32N2O3.2ClH/c1-3-7-20-10-11-23(24(16-20)28-2)29-19-22(27)18-26-14-12-25(13-15-26)17-21-8-5-4-6-9-21;;/h3-11,16,22,27H,12-15,17-19H2,1-2H3;2*1H/b7-3+;;. The Labute approximate surface area is 198 Å². The van der Waals surface area contributed by atoms with Gasteiger partial charge in [-0.1, -0.05) is 48.6 Å². The maximum absolute atomic E-state index is 10.4. The van der Waals surface area contributed by atoms with E-state index in [-0.39, 0.29) is 31.4 Å². The van der Waals surface area contributed by atoms with Crippen molar-refractivity contribution in [3.05, 3.63) is 65.7 Å². The third-order valence-electron chi connectivity index (χ3n) is 5.16. The van der Waals surface area contributed by atoms with E-state index in [0.717, 1.165) is 38.3 Å². The number of hydrogen-bond donors (Lipinski definition) is 1. The van der Waals surface area contributed by atoms with Gasteiger partial charge in [-0.3, -0.25) is 9.80 Å². The summed E-state index contributed by atoms with van der Waals surface area (Å²) in [7, 11) is 1.63. The van der Waals surface area contributed by atoms with Gasteiger partial charge >= 0.3 is 0 Å². The fraction of sp³-hybridized carbons (Fsp3) is 0.417. The fourth-order valence-corrected chi connectivity index (χ4v) is 3.61. The van der Waals surface area contributed by atoms with E-state index in [0.29, 0.717) is 18.0 Å². The van der Waals surface area contributed by atoms with Crippen molar-refractivity contribution in [1.82, 2.24) is 9.80 Å². The maximum atomic E-state index is 10.4. The molecule has 1 aliphatic rings. The van der Waals surface area contributed by atoms with E-state index >= 15 is 0 Å². The van der Waals surface area contributed by atoms with Crippen LogP contribution in [0.15, 0.2) is 54.6 Å². The molecule has 0 spiro atoms. The zero-order valence-corrected chi connectivity index (χ0v) is 19.9. The lowest BCUT2D eigenvalue weighted by atomic mass is 10.2. The molecule has 172 valence electrons. The summed E-state index contributed by atoms with van der Waals surface area (Å²) in [5, 5.41) is 10.4. The third kappa shape index (κ3) is 8.71. The van der Waals surface area contributed by atoms with Crippen LogP contribution in [0, 0.1) is 0 Å². The van der Waals surface area contributed by atoms with E-state index in [1.54, 1.807) is 7.11 Å². The largest absolute Gasteiger partial charge is 0.493 e. The van der Waals surface area contributed by atoms with Gasteiger partial charge in [0, 0.05) is 39.3 Å². The van der Waals surface area contributed by atoms with Crippen LogP contribution >= 0.6 is 24.8 Å². The number of benzene rings is 2. The van der Waals surface area contributed by atoms with E-state index in [2.05, 4.69) is 40.1 Å². The van der Waals surface area contributed by atoms with Crippen LogP contribution in [-0.4, -0.2) is 67.5 Å². The minimum Gasteiger partial charge on any atom is -0.493 e. The van der Waals surface area contributed by atoms with Crippen LogP contribution in [0.2, 0.25) is 0 Å². The number of hydrogen-bond acceptors (Lipinski definition) is 5. The number of halogens is 2. The van der Waals surface area contributed by atoms with Gasteiger partial charge in [0.25, 0.3) is 0 Å². The molecule has 1 N–H and O–H groups in total. The number of allylic oxidation sites excluding steroid dienone is 1. The highest BCUT2D eigenvalue weighted by Gasteiger charge is 2.20. The van der Waals surface area contributed by atoms with Crippen LogP contribution in [0.5, 0.6) is 11.5 Å². The number of β-amino-alcohol motifs (C(OH)–C–C–N with tert-alkyl or cyclic N) is 1. The highest BCUT2D eigenvalue weighted by molar-refractivity contribution is 5.85. The third-order valence-corrected chi connectivity index (χ3v) is 5.16. The van der Waals surface area contributed by atoms with Crippen molar-refractivity contribution in [2.75, 3.05) is 46.4 Å². The van der Waals surface area contributed by atoms with Gasteiger partial charge in [-0.25, -0.2) is 0 Å². The predicted octanol–water partition coefficient (Wildman–Crippen LogP) is 4.13. The first-order chi connectivity index (χ1) is 14.2. The van der Waals surface area contributed by atoms with Crippen LogP contribution < -0.4 is 9.47 Å². The van der Waals surface area contributed by atoms with Crippen molar-refractivity contribution in [3.8, 4) is 11.5 Å². The molecule has 31 heavy (non-hydrogen) atoms. The molecule has 0 radical (unpaired) electrons. The number of aliphatic hydroxyl groups excluding tert-OH is 1. The van der Waals surface area contributed by atoms with Gasteiger partial charge in [0.2, 0.25) is 0 Å². The topological polar surface area (TPSA) is 45.2 Å². The van der Waals surface area contributed by atoms with E-state index < -0.39 is 6.10 Å². The summed E-state index contributed by atoms with van der Waals surface area (Å²) >= 11 is 0. The second kappa shape index (κ2) is 14.3. The van der Waals surface area contributed by atoms with Crippen LogP contribution in [-0.2, 0) is 6.54 Å². The Bertz CT molecular complexity index is 782. The summed E-state index contributed by atoms with van der Waals surface area (Å²) in [5.74, 6) is 1.34. The molecular formula is C24H34Cl2N2O3. The number of piperazine rings is 1. The smallest absolute Gasteiger partial charge is 0.161 e. The minimum atomic E-state index is -0.532. The molecule has 1 fully saturated rings. The SMILES string of the molecule is C/C=C/c1ccc(OCC(O)CN2CCN(Cc3ccccc3)CC2)c(OC)c1.Cl.Cl. The van der Waals surface area contributed by atoms with Crippen molar-refractivity contribution in [3.63, 3.8) is 0 Å². The Hall–Kier alpha value is -1.76. The Kier molecular flexibility index (Phi) is 12.6. The van der Waals surface area contributed by atoms with Crippen LogP contribution in [0.1, 0.15) is 18.1 Å². The maximum Gasteiger partial charge on any atom is 0.161 e. The van der Waals surface area contributed by atoms with Crippen molar-refractivity contribution < 1.29 is 14.6 Å². The zero-order valence-electron chi connectivity index (χ0n) is 18.3. The summed E-state index contributed by atoms with van der Waals surface area (Å²) < 4.78 is 11.2. The number of methoxy groups -OCH3 is 1. The van der Waals surface area contributed by atoms with Gasteiger partial charge in [-0.15, -0.1) is 24.8 Å². The molecule has 0 aromatic heterocycles. The Morgan fingerprint density at radius 3 is 2.29 bits per heavy atom. The van der Waals surface area contributed by atoms with E-state index in [1.165, 1.54) is 5.56 Å². The molecular weight excluding hydrogens is 435 g/mol. The normalized spacial score (nSPS) is 15.7. The van der Waals surface area contributed by atoms with Crippen LogP contribution in [0.25, 0.3) is 6.08 Å². The molecule has 0 saturated carbocycles. The molecule has 3 rings (SSSR count). The molecule has 0 aliphatic carbocycles. The lowest BCUT2D eigenvalue weighted by Crippen LogP contribution is -2.48. The predicted molar refractivity (Wildman–Crippen MR) is 132 cm³/mol. The monoisotopic (exact) mass is 468 g/mol. The second-order valence-electron chi connectivity index (χ2n) is 7.44. The molecule has 2 aromatic rings. The van der Waals surface area contributed by atoms with Crippen molar-refractivity contribution >= 4 is 30.9 Å². The lowest BCUT2D eigenvalue weighted by molar-refractivity contribution is 0.0440. The Balaban J connectivity index is 0.00000240. The first-order valence-electron chi connectivity index (χ1n) is 10.3. The molecule has 2 aromatic carbocycles. The van der Waals surface area contributed by atoms with Crippen molar-refractivity contribution in [1.29, 1.82) is 0 Å². The Morgan fingerprint density at radius 1 is 0.968 bits per heavy atom. The number of aliphatic hydroxyl groups is 1. The molecule has 1 saturated heterocycles. The van der Waals surface area contributed by atoms with Gasteiger partial charge in [0.15, 0.2) is 11.5 Å². The van der Waals surface area contributed by atoms with E-state index in [9.17, 15) is 5.11 Å². The molecule has 1 atom stereocenters. The summed E-state index contributed by atoms with van der Waals surface area (Å²) in [6, 6.07) is 16.4. The molecule has 0 amide bonds. The van der Waals surface area contributed by atoms with E-state index in [4.69, 9.17) is 9.47 Å². The molecule has 5 nitrogen and oxygen atoms in total. The molecule has 1 heterocycles. The van der Waals surface area contributed by atoms with Gasteiger partial charge in [-0.2, -0.15) is 0 Å². The van der Waals surface area contributed by atoms with Crippen molar-refractivity contribution in [2.24, 2.45) is 0 Å². The number of rotatable bonds is 9. The average molecular weight is 469 g/mol. The highest BCUT2D eigenvalue weighted by atomic mass is 35.5. The van der Waals surface area contributed by atoms with E-state index in [1.807, 2.05) is 37.3 Å².